The van der Waals surface area contributed by atoms with Gasteiger partial charge in [0, 0.05) is 17.8 Å². The van der Waals surface area contributed by atoms with E-state index in [2.05, 4.69) is 15.0 Å². The summed E-state index contributed by atoms with van der Waals surface area (Å²) < 4.78 is 20.4. The fourth-order valence-corrected chi connectivity index (χ4v) is 3.75. The van der Waals surface area contributed by atoms with Crippen LogP contribution < -0.4 is 4.90 Å². The highest BCUT2D eigenvalue weighted by Crippen LogP contribution is 2.38. The molecule has 1 saturated heterocycles. The Hall–Kier alpha value is -2.67. The number of carbonyl (C=O) groups excluding carboxylic acids is 1. The average Bonchev–Trinajstić information content (AvgIpc) is 3.30. The van der Waals surface area contributed by atoms with E-state index in [4.69, 9.17) is 16.3 Å². The maximum absolute atomic E-state index is 13.8. The Morgan fingerprint density at radius 1 is 1.41 bits per heavy atom. The Morgan fingerprint density at radius 3 is 3.07 bits per heavy atom. The molecule has 0 radical (unpaired) electrons. The Morgan fingerprint density at radius 2 is 2.26 bits per heavy atom. The van der Waals surface area contributed by atoms with Gasteiger partial charge < -0.3 is 9.64 Å². The maximum atomic E-state index is 13.8. The minimum Gasteiger partial charge on any atom is -0.462 e. The summed E-state index contributed by atoms with van der Waals surface area (Å²) in [5.41, 5.74) is 1.50. The average molecular weight is 389 g/mol. The molecule has 1 aliphatic rings. The van der Waals surface area contributed by atoms with E-state index in [1.165, 1.54) is 22.8 Å². The quantitative estimate of drug-likeness (QED) is 0.631. The first-order chi connectivity index (χ1) is 13.1. The number of benzene rings is 1. The van der Waals surface area contributed by atoms with Crippen molar-refractivity contribution in [2.24, 2.45) is 0 Å². The van der Waals surface area contributed by atoms with Crippen LogP contribution in [0.3, 0.4) is 0 Å². The van der Waals surface area contributed by atoms with Gasteiger partial charge in [-0.15, -0.1) is 0 Å². The van der Waals surface area contributed by atoms with Gasteiger partial charge in [0.05, 0.1) is 18.8 Å². The van der Waals surface area contributed by atoms with Crippen molar-refractivity contribution in [3.05, 3.63) is 58.6 Å². The number of hydrogen-bond acceptors (Lipinski definition) is 5. The van der Waals surface area contributed by atoms with Crippen molar-refractivity contribution in [2.75, 3.05) is 18.1 Å². The lowest BCUT2D eigenvalue weighted by atomic mass is 10.0. The zero-order valence-electron chi connectivity index (χ0n) is 14.7. The predicted octanol–water partition coefficient (Wildman–Crippen LogP) is 4.04. The van der Waals surface area contributed by atoms with Crippen molar-refractivity contribution >= 4 is 29.0 Å². The molecule has 2 aromatic heterocycles. The summed E-state index contributed by atoms with van der Waals surface area (Å²) in [6, 6.07) is 6.17. The summed E-state index contributed by atoms with van der Waals surface area (Å²) in [7, 11) is 0. The number of halogens is 2. The molecule has 0 amide bonds. The van der Waals surface area contributed by atoms with Crippen molar-refractivity contribution in [2.45, 2.75) is 25.8 Å². The highest BCUT2D eigenvalue weighted by Gasteiger charge is 2.29. The molecule has 1 fully saturated rings. The molecule has 1 aliphatic heterocycles. The molecule has 0 bridgehead atoms. The molecule has 6 nitrogen and oxygen atoms in total. The van der Waals surface area contributed by atoms with E-state index in [1.54, 1.807) is 19.2 Å². The fourth-order valence-electron chi connectivity index (χ4n) is 3.51. The summed E-state index contributed by atoms with van der Waals surface area (Å²) in [6.45, 7) is 2.80. The second-order valence-electron chi connectivity index (χ2n) is 6.35. The van der Waals surface area contributed by atoms with Gasteiger partial charge in [0.15, 0.2) is 5.65 Å². The van der Waals surface area contributed by atoms with Crippen LogP contribution in [0.15, 0.2) is 36.7 Å². The van der Waals surface area contributed by atoms with Crippen LogP contribution in [0.2, 0.25) is 5.02 Å². The van der Waals surface area contributed by atoms with Gasteiger partial charge in [0.1, 0.15) is 17.2 Å². The molecule has 0 unspecified atom stereocenters. The molecule has 140 valence electrons. The highest BCUT2D eigenvalue weighted by molar-refractivity contribution is 6.31. The number of esters is 1. The van der Waals surface area contributed by atoms with Gasteiger partial charge in [0.25, 0.3) is 0 Å². The number of aromatic nitrogens is 3. The summed E-state index contributed by atoms with van der Waals surface area (Å²) in [6.07, 6.45) is 4.99. The molecule has 27 heavy (non-hydrogen) atoms. The van der Waals surface area contributed by atoms with E-state index in [0.29, 0.717) is 22.1 Å². The molecular weight excluding hydrogens is 371 g/mol. The Kier molecular flexibility index (Phi) is 4.70. The zero-order chi connectivity index (χ0) is 19.0. The third-order valence-corrected chi connectivity index (χ3v) is 5.06. The smallest absolute Gasteiger partial charge is 0.343 e. The van der Waals surface area contributed by atoms with Crippen LogP contribution in [0, 0.1) is 5.82 Å². The third kappa shape index (κ3) is 3.23. The predicted molar refractivity (Wildman–Crippen MR) is 99.7 cm³/mol. The SMILES string of the molecule is CCOC(=O)c1cnn2ccc(N3CCC[C@@H]3c3cc(F)ccc3Cl)nc12. The van der Waals surface area contributed by atoms with Crippen LogP contribution in [0.25, 0.3) is 5.65 Å². The molecule has 3 aromatic rings. The largest absolute Gasteiger partial charge is 0.462 e. The monoisotopic (exact) mass is 388 g/mol. The number of ether oxygens (including phenoxy) is 1. The maximum Gasteiger partial charge on any atom is 0.343 e. The lowest BCUT2D eigenvalue weighted by Crippen LogP contribution is -2.24. The summed E-state index contributed by atoms with van der Waals surface area (Å²) >= 11 is 6.32. The fraction of sp³-hybridized carbons (Fsp3) is 0.316. The van der Waals surface area contributed by atoms with E-state index in [-0.39, 0.29) is 18.5 Å². The topological polar surface area (TPSA) is 59.7 Å². The number of fused-ring (bicyclic) bond motifs is 1. The van der Waals surface area contributed by atoms with Crippen molar-refractivity contribution in [1.82, 2.24) is 14.6 Å². The zero-order valence-corrected chi connectivity index (χ0v) is 15.5. The number of rotatable bonds is 4. The van der Waals surface area contributed by atoms with Crippen LogP contribution in [0.4, 0.5) is 10.2 Å². The minimum atomic E-state index is -0.455. The summed E-state index contributed by atoms with van der Waals surface area (Å²) in [5.74, 6) is -0.0790. The second-order valence-corrected chi connectivity index (χ2v) is 6.76. The van der Waals surface area contributed by atoms with Gasteiger partial charge in [-0.05, 0) is 49.6 Å². The Bertz CT molecular complexity index is 1010. The van der Waals surface area contributed by atoms with Crippen LogP contribution >= 0.6 is 11.6 Å². The van der Waals surface area contributed by atoms with Gasteiger partial charge >= 0.3 is 5.97 Å². The molecule has 1 atom stereocenters. The normalized spacial score (nSPS) is 16.9. The first kappa shape index (κ1) is 17.7. The van der Waals surface area contributed by atoms with Gasteiger partial charge in [0.2, 0.25) is 0 Å². The van der Waals surface area contributed by atoms with Crippen molar-refractivity contribution in [1.29, 1.82) is 0 Å². The molecule has 0 saturated carbocycles. The molecular formula is C19H18ClFN4O2. The van der Waals surface area contributed by atoms with Gasteiger partial charge in [-0.25, -0.2) is 18.7 Å². The lowest BCUT2D eigenvalue weighted by molar-refractivity contribution is 0.0528. The molecule has 0 aliphatic carbocycles. The second kappa shape index (κ2) is 7.15. The van der Waals surface area contributed by atoms with Crippen molar-refractivity contribution in [3.8, 4) is 0 Å². The molecule has 3 heterocycles. The van der Waals surface area contributed by atoms with E-state index >= 15 is 0 Å². The van der Waals surface area contributed by atoms with Crippen LogP contribution in [0.1, 0.15) is 41.7 Å². The van der Waals surface area contributed by atoms with Crippen LogP contribution in [0.5, 0.6) is 0 Å². The Balaban J connectivity index is 1.73. The van der Waals surface area contributed by atoms with E-state index in [1.807, 2.05) is 6.07 Å². The van der Waals surface area contributed by atoms with Crippen LogP contribution in [-0.2, 0) is 4.74 Å². The molecule has 4 rings (SSSR count). The van der Waals surface area contributed by atoms with Crippen LogP contribution in [-0.4, -0.2) is 33.7 Å². The van der Waals surface area contributed by atoms with E-state index in [0.717, 1.165) is 24.9 Å². The first-order valence-electron chi connectivity index (χ1n) is 8.81. The molecule has 8 heteroatoms. The van der Waals surface area contributed by atoms with Gasteiger partial charge in [-0.2, -0.15) is 5.10 Å². The summed E-state index contributed by atoms with van der Waals surface area (Å²) in [4.78, 5) is 18.9. The number of nitrogens with zero attached hydrogens (tertiary/aromatic N) is 4. The number of carbonyl (C=O) groups is 1. The van der Waals surface area contributed by atoms with E-state index in [9.17, 15) is 9.18 Å². The minimum absolute atomic E-state index is 0.0721. The third-order valence-electron chi connectivity index (χ3n) is 4.71. The molecule has 0 N–H and O–H groups in total. The van der Waals surface area contributed by atoms with Crippen molar-refractivity contribution < 1.29 is 13.9 Å². The summed E-state index contributed by atoms with van der Waals surface area (Å²) in [5, 5.41) is 4.69. The van der Waals surface area contributed by atoms with Gasteiger partial charge in [-0.3, -0.25) is 0 Å². The van der Waals surface area contributed by atoms with E-state index < -0.39 is 5.97 Å². The standard InChI is InChI=1S/C19H18ClFN4O2/c1-2-27-19(26)14-11-22-25-9-7-17(23-18(14)25)24-8-3-4-16(24)13-10-12(21)5-6-15(13)20/h5-7,9-11,16H,2-4,8H2,1H3/t16-/m1/s1. The number of anilines is 1. The Labute approximate surface area is 160 Å². The molecule has 0 spiro atoms. The molecule has 1 aromatic carbocycles. The lowest BCUT2D eigenvalue weighted by Gasteiger charge is -2.27. The van der Waals surface area contributed by atoms with Gasteiger partial charge in [-0.1, -0.05) is 11.6 Å². The van der Waals surface area contributed by atoms with Crippen molar-refractivity contribution in [3.63, 3.8) is 0 Å². The number of hydrogen-bond donors (Lipinski definition) is 0. The first-order valence-corrected chi connectivity index (χ1v) is 9.19. The highest BCUT2D eigenvalue weighted by atomic mass is 35.5.